The summed E-state index contributed by atoms with van der Waals surface area (Å²) in [5, 5.41) is 5.88. The summed E-state index contributed by atoms with van der Waals surface area (Å²) in [6, 6.07) is 21.7. The van der Waals surface area contributed by atoms with Gasteiger partial charge < -0.3 is 15.4 Å². The highest BCUT2D eigenvalue weighted by Crippen LogP contribution is 2.30. The molecule has 3 rings (SSSR count). The number of para-hydroxylation sites is 1. The highest BCUT2D eigenvalue weighted by atomic mass is 35.5. The summed E-state index contributed by atoms with van der Waals surface area (Å²) >= 11 is 6.39. The number of ether oxygens (including phenoxy) is 1. The first-order valence-corrected chi connectivity index (χ1v) is 13.2. The van der Waals surface area contributed by atoms with Gasteiger partial charge in [0.2, 0.25) is 0 Å². The Labute approximate surface area is 240 Å². The van der Waals surface area contributed by atoms with Crippen LogP contribution in [0.25, 0.3) is 0 Å². The summed E-state index contributed by atoms with van der Waals surface area (Å²) in [6.45, 7) is 8.82. The van der Waals surface area contributed by atoms with Crippen molar-refractivity contribution in [2.45, 2.75) is 58.7 Å². The topological polar surface area (TPSA) is 87.7 Å². The lowest BCUT2D eigenvalue weighted by atomic mass is 9.97. The fourth-order valence-corrected chi connectivity index (χ4v) is 4.47. The number of anilines is 1. The van der Waals surface area contributed by atoms with Crippen LogP contribution in [-0.2, 0) is 20.7 Å². The molecule has 0 saturated heterocycles. The molecule has 0 aromatic heterocycles. The lowest BCUT2D eigenvalue weighted by molar-refractivity contribution is -0.136. The standard InChI is InChI=1S/C32H34ClN3O4/c1-7-36(30(38)26(20-23-16-9-8-10-17-23)34-31(39)40-32(4,5)6)28(24-18-12-11-14-21(24)2)29(37)35-27-22(3)15-13-19-25(27)33/h1,8-19,26,28H,20H2,2-6H3,(H,34,39)(H,35,37). The molecule has 0 radical (unpaired) electrons. The molecular weight excluding hydrogens is 526 g/mol. The highest BCUT2D eigenvalue weighted by Gasteiger charge is 2.37. The molecule has 0 bridgehead atoms. The molecule has 0 aliphatic heterocycles. The molecule has 3 aromatic carbocycles. The van der Waals surface area contributed by atoms with Gasteiger partial charge in [0.05, 0.1) is 10.7 Å². The van der Waals surface area contributed by atoms with Crippen molar-refractivity contribution in [3.05, 3.63) is 100 Å². The van der Waals surface area contributed by atoms with E-state index in [4.69, 9.17) is 22.8 Å². The van der Waals surface area contributed by atoms with Gasteiger partial charge in [0.15, 0.2) is 0 Å². The molecule has 0 heterocycles. The monoisotopic (exact) mass is 559 g/mol. The van der Waals surface area contributed by atoms with Crippen molar-refractivity contribution in [3.63, 3.8) is 0 Å². The van der Waals surface area contributed by atoms with Gasteiger partial charge in [0.1, 0.15) is 17.7 Å². The summed E-state index contributed by atoms with van der Waals surface area (Å²) in [7, 11) is 0. The molecule has 0 saturated carbocycles. The molecule has 2 unspecified atom stereocenters. The number of halogens is 1. The van der Waals surface area contributed by atoms with Gasteiger partial charge in [0.25, 0.3) is 11.8 Å². The molecule has 3 amide bonds. The van der Waals surface area contributed by atoms with Crippen LogP contribution in [0.3, 0.4) is 0 Å². The lowest BCUT2D eigenvalue weighted by Crippen LogP contribution is -2.51. The summed E-state index contributed by atoms with van der Waals surface area (Å²) in [6.07, 6.45) is 5.27. The third-order valence-corrected chi connectivity index (χ3v) is 6.42. The maximum atomic E-state index is 14.1. The molecule has 40 heavy (non-hydrogen) atoms. The van der Waals surface area contributed by atoms with Crippen LogP contribution in [0.4, 0.5) is 10.5 Å². The van der Waals surface area contributed by atoms with E-state index in [0.717, 1.165) is 21.6 Å². The summed E-state index contributed by atoms with van der Waals surface area (Å²) < 4.78 is 5.42. The Morgan fingerprint density at radius 2 is 1.57 bits per heavy atom. The zero-order chi connectivity index (χ0) is 29.4. The number of hydrogen-bond donors (Lipinski definition) is 2. The van der Waals surface area contributed by atoms with Gasteiger partial charge in [0, 0.05) is 12.5 Å². The molecule has 7 nitrogen and oxygen atoms in total. The van der Waals surface area contributed by atoms with E-state index in [-0.39, 0.29) is 6.42 Å². The van der Waals surface area contributed by atoms with E-state index >= 15 is 0 Å². The number of terminal acetylenes is 1. The molecule has 8 heteroatoms. The Balaban J connectivity index is 2.04. The molecule has 0 spiro atoms. The average Bonchev–Trinajstić information content (AvgIpc) is 2.88. The normalized spacial score (nSPS) is 12.4. The SMILES string of the molecule is C#CN(C(=O)C(Cc1ccccc1)NC(=O)OC(C)(C)C)C(C(=O)Nc1c(C)cccc1Cl)c1ccccc1C. The number of benzene rings is 3. The Kier molecular flexibility index (Phi) is 9.98. The average molecular weight is 560 g/mol. The second-order valence-corrected chi connectivity index (χ2v) is 10.8. The third-order valence-electron chi connectivity index (χ3n) is 6.11. The summed E-state index contributed by atoms with van der Waals surface area (Å²) in [5.74, 6) is -1.19. The zero-order valence-electron chi connectivity index (χ0n) is 23.3. The molecule has 2 atom stereocenters. The van der Waals surface area contributed by atoms with Crippen LogP contribution in [0.5, 0.6) is 0 Å². The first-order chi connectivity index (χ1) is 18.9. The van der Waals surface area contributed by atoms with Crippen molar-refractivity contribution in [1.29, 1.82) is 0 Å². The van der Waals surface area contributed by atoms with Crippen molar-refractivity contribution < 1.29 is 19.1 Å². The first kappa shape index (κ1) is 30.3. The van der Waals surface area contributed by atoms with Crippen LogP contribution >= 0.6 is 11.6 Å². The van der Waals surface area contributed by atoms with E-state index in [1.54, 1.807) is 45.0 Å². The molecular formula is C32H34ClN3O4. The fourth-order valence-electron chi connectivity index (χ4n) is 4.21. The Morgan fingerprint density at radius 1 is 0.950 bits per heavy atom. The molecule has 0 aliphatic carbocycles. The zero-order valence-corrected chi connectivity index (χ0v) is 24.1. The number of rotatable bonds is 8. The van der Waals surface area contributed by atoms with E-state index in [1.165, 1.54) is 0 Å². The predicted octanol–water partition coefficient (Wildman–Crippen LogP) is 6.19. The molecule has 0 fully saturated rings. The minimum absolute atomic E-state index is 0.128. The maximum absolute atomic E-state index is 14.1. The maximum Gasteiger partial charge on any atom is 0.408 e. The Morgan fingerprint density at radius 3 is 2.17 bits per heavy atom. The number of nitrogens with one attached hydrogen (secondary N) is 2. The van der Waals surface area contributed by atoms with Crippen molar-refractivity contribution in [3.8, 4) is 12.5 Å². The number of nitrogens with zero attached hydrogens (tertiary/aromatic N) is 1. The van der Waals surface area contributed by atoms with Crippen molar-refractivity contribution >= 4 is 35.2 Å². The van der Waals surface area contributed by atoms with Gasteiger partial charge in [-0.1, -0.05) is 84.8 Å². The predicted molar refractivity (Wildman–Crippen MR) is 158 cm³/mol. The van der Waals surface area contributed by atoms with Crippen molar-refractivity contribution in [2.75, 3.05) is 5.32 Å². The third kappa shape index (κ3) is 7.87. The fraction of sp³-hybridized carbons (Fsp3) is 0.281. The molecule has 208 valence electrons. The van der Waals surface area contributed by atoms with E-state index in [0.29, 0.717) is 16.3 Å². The second kappa shape index (κ2) is 13.2. The molecule has 2 N–H and O–H groups in total. The lowest BCUT2D eigenvalue weighted by Gasteiger charge is -2.31. The highest BCUT2D eigenvalue weighted by molar-refractivity contribution is 6.34. The Bertz CT molecular complexity index is 1390. The Hall–Kier alpha value is -4.28. The van der Waals surface area contributed by atoms with Gasteiger partial charge in [-0.3, -0.25) is 14.5 Å². The van der Waals surface area contributed by atoms with Gasteiger partial charge in [-0.05, 0) is 62.9 Å². The number of hydrogen-bond acceptors (Lipinski definition) is 4. The van der Waals surface area contributed by atoms with Crippen LogP contribution in [0.1, 0.15) is 49.1 Å². The minimum atomic E-state index is -1.21. The number of carbonyl (C=O) groups is 3. The smallest absolute Gasteiger partial charge is 0.408 e. The molecule has 0 aliphatic rings. The van der Waals surface area contributed by atoms with Crippen LogP contribution < -0.4 is 10.6 Å². The number of aryl methyl sites for hydroxylation is 2. The van der Waals surface area contributed by atoms with E-state index in [1.807, 2.05) is 62.4 Å². The second-order valence-electron chi connectivity index (χ2n) is 10.4. The summed E-state index contributed by atoms with van der Waals surface area (Å²) in [4.78, 5) is 41.8. The quantitative estimate of drug-likeness (QED) is 0.254. The van der Waals surface area contributed by atoms with Crippen molar-refractivity contribution in [1.82, 2.24) is 10.2 Å². The van der Waals surface area contributed by atoms with Gasteiger partial charge in [-0.2, -0.15) is 0 Å². The van der Waals surface area contributed by atoms with E-state index in [9.17, 15) is 14.4 Å². The van der Waals surface area contributed by atoms with E-state index < -0.39 is 35.6 Å². The van der Waals surface area contributed by atoms with Gasteiger partial charge >= 0.3 is 6.09 Å². The minimum Gasteiger partial charge on any atom is -0.444 e. The largest absolute Gasteiger partial charge is 0.444 e. The van der Waals surface area contributed by atoms with Crippen LogP contribution in [0.15, 0.2) is 72.8 Å². The molecule has 3 aromatic rings. The number of amides is 3. The van der Waals surface area contributed by atoms with Crippen molar-refractivity contribution in [2.24, 2.45) is 0 Å². The van der Waals surface area contributed by atoms with Gasteiger partial charge in [-0.15, -0.1) is 0 Å². The number of carbonyl (C=O) groups excluding carboxylic acids is 3. The van der Waals surface area contributed by atoms with Crippen LogP contribution in [0.2, 0.25) is 5.02 Å². The van der Waals surface area contributed by atoms with Crippen LogP contribution in [-0.4, -0.2) is 34.5 Å². The van der Waals surface area contributed by atoms with E-state index in [2.05, 4.69) is 16.7 Å². The van der Waals surface area contributed by atoms with Gasteiger partial charge in [-0.25, -0.2) is 4.79 Å². The first-order valence-electron chi connectivity index (χ1n) is 12.9. The number of alkyl carbamates (subject to hydrolysis) is 1. The summed E-state index contributed by atoms with van der Waals surface area (Å²) in [5.41, 5.74) is 2.46. The van der Waals surface area contributed by atoms with Crippen LogP contribution in [0, 0.1) is 26.3 Å².